The van der Waals surface area contributed by atoms with E-state index in [1.807, 2.05) is 53.9 Å². The van der Waals surface area contributed by atoms with Crippen LogP contribution in [0.25, 0.3) is 22.9 Å². The first-order valence-electron chi connectivity index (χ1n) is 11.4. The van der Waals surface area contributed by atoms with Crippen LogP contribution in [0.1, 0.15) is 47.1 Å². The average Bonchev–Trinajstić information content (AvgIpc) is 3.25. The van der Waals surface area contributed by atoms with E-state index in [9.17, 15) is 9.18 Å². The van der Waals surface area contributed by atoms with Crippen molar-refractivity contribution < 1.29 is 14.3 Å². The summed E-state index contributed by atoms with van der Waals surface area (Å²) in [4.78, 5) is 15.3. The van der Waals surface area contributed by atoms with Gasteiger partial charge < -0.3 is 9.51 Å². The first-order valence-corrected chi connectivity index (χ1v) is 11.4. The highest BCUT2D eigenvalue weighted by atomic mass is 19.1. The zero-order chi connectivity index (χ0) is 23.7. The van der Waals surface area contributed by atoms with E-state index in [0.29, 0.717) is 5.92 Å². The van der Waals surface area contributed by atoms with Gasteiger partial charge in [-0.05, 0) is 95.0 Å². The van der Waals surface area contributed by atoms with Gasteiger partial charge >= 0.3 is 5.97 Å². The molecule has 2 aromatic heterocycles. The number of carbonyl (C=O) groups is 1. The van der Waals surface area contributed by atoms with Crippen LogP contribution >= 0.6 is 0 Å². The van der Waals surface area contributed by atoms with Gasteiger partial charge in [-0.15, -0.1) is 0 Å². The van der Waals surface area contributed by atoms with Crippen molar-refractivity contribution in [2.45, 2.75) is 26.2 Å². The molecule has 2 heterocycles. The maximum absolute atomic E-state index is 14.0. The van der Waals surface area contributed by atoms with E-state index in [2.05, 4.69) is 17.2 Å². The molecular formula is C29H25FN2O2. The highest BCUT2D eigenvalue weighted by Crippen LogP contribution is 2.45. The van der Waals surface area contributed by atoms with Crippen LogP contribution < -0.4 is 0 Å². The van der Waals surface area contributed by atoms with Gasteiger partial charge in [-0.2, -0.15) is 0 Å². The van der Waals surface area contributed by atoms with E-state index in [4.69, 9.17) is 5.11 Å². The van der Waals surface area contributed by atoms with Crippen LogP contribution in [0.3, 0.4) is 0 Å². The van der Waals surface area contributed by atoms with Gasteiger partial charge in [0.2, 0.25) is 0 Å². The summed E-state index contributed by atoms with van der Waals surface area (Å²) < 4.78 is 16.0. The summed E-state index contributed by atoms with van der Waals surface area (Å²) in [6, 6.07) is 17.1. The monoisotopic (exact) mass is 452 g/mol. The molecule has 0 atom stereocenters. The topological polar surface area (TPSA) is 54.6 Å². The van der Waals surface area contributed by atoms with Gasteiger partial charge in [-0.25, -0.2) is 14.2 Å². The second-order valence-corrected chi connectivity index (χ2v) is 8.78. The SMILES string of the molecule is Cc1cc(F)ccc1C(=C(c1ccc(C=CC(=O)O)cc1)c1ccc2nccn2c1)C1CCC1. The summed E-state index contributed by atoms with van der Waals surface area (Å²) in [5.74, 6) is -0.813. The lowest BCUT2D eigenvalue weighted by molar-refractivity contribution is -0.131. The first kappa shape index (κ1) is 21.8. The van der Waals surface area contributed by atoms with E-state index in [-0.39, 0.29) is 5.82 Å². The van der Waals surface area contributed by atoms with Crippen molar-refractivity contribution in [1.82, 2.24) is 9.38 Å². The number of hydrogen-bond acceptors (Lipinski definition) is 2. The molecule has 5 rings (SSSR count). The fourth-order valence-electron chi connectivity index (χ4n) is 4.66. The number of carboxylic acid groups (broad SMARTS) is 1. The number of rotatable bonds is 6. The third kappa shape index (κ3) is 4.29. The fraction of sp³-hybridized carbons (Fsp3) is 0.172. The second-order valence-electron chi connectivity index (χ2n) is 8.78. The summed E-state index contributed by atoms with van der Waals surface area (Å²) in [6.07, 6.45) is 11.9. The minimum Gasteiger partial charge on any atom is -0.478 e. The van der Waals surface area contributed by atoms with Crippen LogP contribution in [-0.2, 0) is 4.79 Å². The van der Waals surface area contributed by atoms with Crippen LogP contribution in [-0.4, -0.2) is 20.5 Å². The van der Waals surface area contributed by atoms with Crippen molar-refractivity contribution in [3.8, 4) is 0 Å². The van der Waals surface area contributed by atoms with Crippen molar-refractivity contribution in [2.24, 2.45) is 5.92 Å². The van der Waals surface area contributed by atoms with Crippen molar-refractivity contribution in [1.29, 1.82) is 0 Å². The van der Waals surface area contributed by atoms with E-state index >= 15 is 0 Å². The number of hydrogen-bond donors (Lipinski definition) is 1. The number of halogens is 1. The molecule has 0 amide bonds. The smallest absolute Gasteiger partial charge is 0.328 e. The molecule has 0 radical (unpaired) electrons. The summed E-state index contributed by atoms with van der Waals surface area (Å²) in [5.41, 5.74) is 8.13. The molecule has 0 spiro atoms. The van der Waals surface area contributed by atoms with Crippen molar-refractivity contribution in [3.63, 3.8) is 0 Å². The molecular weight excluding hydrogens is 427 g/mol. The molecule has 170 valence electrons. The normalized spacial score (nSPS) is 14.9. The Morgan fingerprint density at radius 2 is 1.85 bits per heavy atom. The number of aliphatic carboxylic acids is 1. The van der Waals surface area contributed by atoms with Crippen LogP contribution in [0.5, 0.6) is 0 Å². The molecule has 2 aromatic carbocycles. The molecule has 4 nitrogen and oxygen atoms in total. The van der Waals surface area contributed by atoms with E-state index in [0.717, 1.165) is 58.0 Å². The molecule has 1 fully saturated rings. The van der Waals surface area contributed by atoms with E-state index < -0.39 is 5.97 Å². The Hall–Kier alpha value is -3.99. The largest absolute Gasteiger partial charge is 0.478 e. The number of imidazole rings is 1. The molecule has 4 aromatic rings. The second kappa shape index (κ2) is 9.10. The van der Waals surface area contributed by atoms with Gasteiger partial charge in [0.1, 0.15) is 11.5 Å². The maximum Gasteiger partial charge on any atom is 0.328 e. The standard InChI is InChI=1S/C29H25FN2O2/c1-19-17-24(30)11-12-25(19)29(21-3-2-4-21)28(23-10-13-26-31-15-16-32(26)18-23)22-8-5-20(6-9-22)7-14-27(33)34/h5-18,21H,2-4H2,1H3,(H,33,34). The number of allylic oxidation sites excluding steroid dienone is 1. The number of carboxylic acids is 1. The van der Waals surface area contributed by atoms with Crippen LogP contribution in [0.4, 0.5) is 4.39 Å². The van der Waals surface area contributed by atoms with Gasteiger partial charge in [-0.1, -0.05) is 36.8 Å². The van der Waals surface area contributed by atoms with Crippen LogP contribution in [0, 0.1) is 18.7 Å². The maximum atomic E-state index is 14.0. The average molecular weight is 453 g/mol. The number of benzene rings is 2. The lowest BCUT2D eigenvalue weighted by Gasteiger charge is -2.32. The van der Waals surface area contributed by atoms with Crippen LogP contribution in [0.2, 0.25) is 0 Å². The Labute approximate surface area is 197 Å². The number of fused-ring (bicyclic) bond motifs is 1. The third-order valence-corrected chi connectivity index (χ3v) is 6.56. The van der Waals surface area contributed by atoms with Crippen LogP contribution in [0.15, 0.2) is 79.3 Å². The van der Waals surface area contributed by atoms with E-state index in [1.165, 1.54) is 18.1 Å². The Morgan fingerprint density at radius 1 is 1.09 bits per heavy atom. The van der Waals surface area contributed by atoms with Gasteiger partial charge in [0.15, 0.2) is 0 Å². The summed E-state index contributed by atoms with van der Waals surface area (Å²) in [6.45, 7) is 1.97. The Bertz CT molecular complexity index is 1430. The molecule has 0 unspecified atom stereocenters. The zero-order valence-electron chi connectivity index (χ0n) is 18.9. The molecule has 1 saturated carbocycles. The predicted molar refractivity (Wildman–Crippen MR) is 133 cm³/mol. The molecule has 0 aliphatic heterocycles. The Kier molecular flexibility index (Phi) is 5.84. The fourth-order valence-corrected chi connectivity index (χ4v) is 4.66. The first-order chi connectivity index (χ1) is 16.5. The number of aromatic nitrogens is 2. The van der Waals surface area contributed by atoms with Gasteiger partial charge in [0.05, 0.1) is 0 Å². The number of pyridine rings is 1. The molecule has 34 heavy (non-hydrogen) atoms. The molecule has 1 N–H and O–H groups in total. The Morgan fingerprint density at radius 3 is 2.53 bits per heavy atom. The quantitative estimate of drug-likeness (QED) is 0.264. The molecule has 0 bridgehead atoms. The zero-order valence-corrected chi connectivity index (χ0v) is 18.9. The van der Waals surface area contributed by atoms with Crippen molar-refractivity contribution >= 4 is 28.8 Å². The molecule has 1 aliphatic carbocycles. The van der Waals surface area contributed by atoms with Gasteiger partial charge in [-0.3, -0.25) is 0 Å². The lowest BCUT2D eigenvalue weighted by Crippen LogP contribution is -2.16. The highest BCUT2D eigenvalue weighted by molar-refractivity contribution is 6.00. The summed E-state index contributed by atoms with van der Waals surface area (Å²) >= 11 is 0. The predicted octanol–water partition coefficient (Wildman–Crippen LogP) is 6.64. The molecule has 5 heteroatoms. The minimum absolute atomic E-state index is 0.231. The van der Waals surface area contributed by atoms with Crippen molar-refractivity contribution in [3.05, 3.63) is 113 Å². The summed E-state index contributed by atoms with van der Waals surface area (Å²) in [7, 11) is 0. The van der Waals surface area contributed by atoms with Gasteiger partial charge in [0.25, 0.3) is 0 Å². The molecule has 0 saturated heterocycles. The van der Waals surface area contributed by atoms with Crippen molar-refractivity contribution in [2.75, 3.05) is 0 Å². The highest BCUT2D eigenvalue weighted by Gasteiger charge is 2.28. The number of aryl methyl sites for hydroxylation is 1. The number of nitrogens with zero attached hydrogens (tertiary/aromatic N) is 2. The molecule has 1 aliphatic rings. The van der Waals surface area contributed by atoms with Gasteiger partial charge in [0, 0.05) is 24.7 Å². The Balaban J connectivity index is 1.75. The third-order valence-electron chi connectivity index (χ3n) is 6.56. The minimum atomic E-state index is -0.975. The summed E-state index contributed by atoms with van der Waals surface area (Å²) in [5, 5.41) is 8.95. The van der Waals surface area contributed by atoms with E-state index in [1.54, 1.807) is 18.3 Å². The lowest BCUT2D eigenvalue weighted by atomic mass is 9.72.